The highest BCUT2D eigenvalue weighted by atomic mass is 79.9. The SMILES string of the molecule is COc1ccccc1[C@@H](C)NC(=O)[C@H]1CCCN(S(=O)(=O)c2ccc(Br)cc2)C1. The molecule has 0 bridgehead atoms. The number of benzene rings is 2. The van der Waals surface area contributed by atoms with Gasteiger partial charge in [0.15, 0.2) is 0 Å². The number of rotatable bonds is 6. The van der Waals surface area contributed by atoms with Gasteiger partial charge in [-0.2, -0.15) is 4.31 Å². The zero-order chi connectivity index (χ0) is 21.0. The standard InChI is InChI=1S/C21H25BrN2O4S/c1-15(19-7-3-4-8-20(19)28-2)23-21(25)16-6-5-13-24(14-16)29(26,27)18-11-9-17(22)10-12-18/h3-4,7-12,15-16H,5-6,13-14H2,1-2H3,(H,23,25)/t15-,16+/m1/s1. The number of para-hydroxylation sites is 1. The molecule has 1 heterocycles. The van der Waals surface area contributed by atoms with E-state index < -0.39 is 10.0 Å². The maximum absolute atomic E-state index is 13.0. The minimum Gasteiger partial charge on any atom is -0.496 e. The van der Waals surface area contributed by atoms with E-state index in [-0.39, 0.29) is 29.3 Å². The number of carbonyl (C=O) groups excluding carboxylic acids is 1. The van der Waals surface area contributed by atoms with Gasteiger partial charge in [0.1, 0.15) is 5.75 Å². The van der Waals surface area contributed by atoms with Gasteiger partial charge in [-0.25, -0.2) is 8.42 Å². The average molecular weight is 481 g/mol. The summed E-state index contributed by atoms with van der Waals surface area (Å²) in [4.78, 5) is 13.1. The normalized spacial score (nSPS) is 18.8. The van der Waals surface area contributed by atoms with Crippen LogP contribution in [0, 0.1) is 5.92 Å². The van der Waals surface area contributed by atoms with Gasteiger partial charge >= 0.3 is 0 Å². The van der Waals surface area contributed by atoms with Crippen LogP contribution in [0.5, 0.6) is 5.75 Å². The second kappa shape index (κ2) is 9.28. The van der Waals surface area contributed by atoms with Gasteiger partial charge in [-0.3, -0.25) is 4.79 Å². The van der Waals surface area contributed by atoms with Crippen LogP contribution >= 0.6 is 15.9 Å². The largest absolute Gasteiger partial charge is 0.496 e. The summed E-state index contributed by atoms with van der Waals surface area (Å²) in [5, 5.41) is 3.01. The van der Waals surface area contributed by atoms with Crippen molar-refractivity contribution in [2.45, 2.75) is 30.7 Å². The number of ether oxygens (including phenoxy) is 1. The molecule has 1 N–H and O–H groups in total. The third-order valence-corrected chi connectivity index (χ3v) is 7.58. The van der Waals surface area contributed by atoms with Crippen LogP contribution in [0.25, 0.3) is 0 Å². The number of amides is 1. The number of nitrogens with zero attached hydrogens (tertiary/aromatic N) is 1. The summed E-state index contributed by atoms with van der Waals surface area (Å²) >= 11 is 3.32. The molecule has 2 atom stereocenters. The van der Waals surface area contributed by atoms with Crippen LogP contribution in [-0.2, 0) is 14.8 Å². The van der Waals surface area contributed by atoms with E-state index in [2.05, 4.69) is 21.2 Å². The van der Waals surface area contributed by atoms with Gasteiger partial charge in [0, 0.05) is 23.1 Å². The van der Waals surface area contributed by atoms with E-state index in [9.17, 15) is 13.2 Å². The number of methoxy groups -OCH3 is 1. The first-order chi connectivity index (χ1) is 13.8. The van der Waals surface area contributed by atoms with Crippen LogP contribution in [0.3, 0.4) is 0 Å². The summed E-state index contributed by atoms with van der Waals surface area (Å²) in [6.45, 7) is 2.50. The van der Waals surface area contributed by atoms with E-state index in [4.69, 9.17) is 4.74 Å². The van der Waals surface area contributed by atoms with Gasteiger partial charge in [-0.15, -0.1) is 0 Å². The van der Waals surface area contributed by atoms with Crippen molar-refractivity contribution in [3.8, 4) is 5.75 Å². The Hall–Kier alpha value is -1.90. The minimum absolute atomic E-state index is 0.140. The quantitative estimate of drug-likeness (QED) is 0.682. The van der Waals surface area contributed by atoms with Gasteiger partial charge in [0.05, 0.1) is 24.0 Å². The number of hydrogen-bond acceptors (Lipinski definition) is 4. The molecule has 0 unspecified atom stereocenters. The first kappa shape index (κ1) is 21.8. The lowest BCUT2D eigenvalue weighted by molar-refractivity contribution is -0.126. The van der Waals surface area contributed by atoms with Crippen molar-refractivity contribution < 1.29 is 17.9 Å². The minimum atomic E-state index is -3.62. The van der Waals surface area contributed by atoms with Crippen molar-refractivity contribution in [2.24, 2.45) is 5.92 Å². The molecule has 1 aliphatic heterocycles. The fraction of sp³-hybridized carbons (Fsp3) is 0.381. The Balaban J connectivity index is 1.70. The van der Waals surface area contributed by atoms with Crippen LogP contribution in [0.2, 0.25) is 0 Å². The van der Waals surface area contributed by atoms with Gasteiger partial charge in [0.2, 0.25) is 15.9 Å². The third-order valence-electron chi connectivity index (χ3n) is 5.17. The lowest BCUT2D eigenvalue weighted by Gasteiger charge is -2.32. The third kappa shape index (κ3) is 4.99. The molecule has 29 heavy (non-hydrogen) atoms. The molecule has 0 aromatic heterocycles. The van der Waals surface area contributed by atoms with Crippen molar-refractivity contribution in [3.63, 3.8) is 0 Å². The molecule has 8 heteroatoms. The van der Waals surface area contributed by atoms with Crippen molar-refractivity contribution in [1.82, 2.24) is 9.62 Å². The molecule has 3 rings (SSSR count). The first-order valence-corrected chi connectivity index (χ1v) is 11.7. The Labute approximate surface area is 180 Å². The van der Waals surface area contributed by atoms with Crippen LogP contribution in [0.4, 0.5) is 0 Å². The van der Waals surface area contributed by atoms with Crippen LogP contribution < -0.4 is 10.1 Å². The van der Waals surface area contributed by atoms with Crippen molar-refractivity contribution in [1.29, 1.82) is 0 Å². The topological polar surface area (TPSA) is 75.7 Å². The molecule has 0 spiro atoms. The Morgan fingerprint density at radius 3 is 2.59 bits per heavy atom. The molecule has 1 saturated heterocycles. The highest BCUT2D eigenvalue weighted by Gasteiger charge is 2.33. The zero-order valence-corrected chi connectivity index (χ0v) is 18.9. The van der Waals surface area contributed by atoms with Gasteiger partial charge < -0.3 is 10.1 Å². The maximum Gasteiger partial charge on any atom is 0.243 e. The molecular weight excluding hydrogens is 456 g/mol. The second-order valence-corrected chi connectivity index (χ2v) is 9.98. The molecule has 0 saturated carbocycles. The van der Waals surface area contributed by atoms with Gasteiger partial charge in [-0.05, 0) is 50.1 Å². The number of carbonyl (C=O) groups is 1. The molecule has 0 radical (unpaired) electrons. The fourth-order valence-electron chi connectivity index (χ4n) is 3.56. The van der Waals surface area contributed by atoms with E-state index in [0.29, 0.717) is 25.1 Å². The van der Waals surface area contributed by atoms with Crippen molar-refractivity contribution in [3.05, 3.63) is 58.6 Å². The number of nitrogens with one attached hydrogen (secondary N) is 1. The summed E-state index contributed by atoms with van der Waals surface area (Å²) in [5.74, 6) is 0.189. The summed E-state index contributed by atoms with van der Waals surface area (Å²) < 4.78 is 33.5. The molecular formula is C21H25BrN2O4S. The van der Waals surface area contributed by atoms with E-state index in [0.717, 1.165) is 10.0 Å². The number of piperidine rings is 1. The number of sulfonamides is 1. The monoisotopic (exact) mass is 480 g/mol. The lowest BCUT2D eigenvalue weighted by Crippen LogP contribution is -2.45. The summed E-state index contributed by atoms with van der Waals surface area (Å²) in [5.41, 5.74) is 0.887. The highest BCUT2D eigenvalue weighted by molar-refractivity contribution is 9.10. The van der Waals surface area contributed by atoms with E-state index >= 15 is 0 Å². The van der Waals surface area contributed by atoms with Crippen molar-refractivity contribution >= 4 is 31.9 Å². The van der Waals surface area contributed by atoms with Gasteiger partial charge in [-0.1, -0.05) is 34.1 Å². The Morgan fingerprint density at radius 1 is 1.21 bits per heavy atom. The smallest absolute Gasteiger partial charge is 0.243 e. The first-order valence-electron chi connectivity index (χ1n) is 9.52. The average Bonchev–Trinajstić information content (AvgIpc) is 2.74. The molecule has 1 amide bonds. The molecule has 2 aromatic carbocycles. The molecule has 1 fully saturated rings. The molecule has 1 aliphatic rings. The Bertz CT molecular complexity index is 963. The van der Waals surface area contributed by atoms with E-state index in [1.165, 1.54) is 4.31 Å². The van der Waals surface area contributed by atoms with Crippen molar-refractivity contribution in [2.75, 3.05) is 20.2 Å². The number of hydrogen-bond donors (Lipinski definition) is 1. The summed E-state index contributed by atoms with van der Waals surface area (Å²) in [6.07, 6.45) is 1.31. The molecule has 0 aliphatic carbocycles. The predicted molar refractivity (Wildman–Crippen MR) is 115 cm³/mol. The second-order valence-electron chi connectivity index (χ2n) is 7.13. The highest BCUT2D eigenvalue weighted by Crippen LogP contribution is 2.27. The molecule has 156 valence electrons. The number of halogens is 1. The van der Waals surface area contributed by atoms with Gasteiger partial charge in [0.25, 0.3) is 0 Å². The molecule has 2 aromatic rings. The lowest BCUT2D eigenvalue weighted by atomic mass is 9.97. The van der Waals surface area contributed by atoms with E-state index in [1.54, 1.807) is 31.4 Å². The fourth-order valence-corrected chi connectivity index (χ4v) is 5.35. The van der Waals surface area contributed by atoms with Crippen LogP contribution in [0.15, 0.2) is 57.9 Å². The Kier molecular flexibility index (Phi) is 6.97. The maximum atomic E-state index is 13.0. The Morgan fingerprint density at radius 2 is 1.90 bits per heavy atom. The van der Waals surface area contributed by atoms with E-state index in [1.807, 2.05) is 31.2 Å². The molecule has 6 nitrogen and oxygen atoms in total. The van der Waals surface area contributed by atoms with Crippen LogP contribution in [-0.4, -0.2) is 38.8 Å². The predicted octanol–water partition coefficient (Wildman–Crippen LogP) is 3.74. The summed E-state index contributed by atoms with van der Waals surface area (Å²) in [7, 11) is -2.03. The zero-order valence-electron chi connectivity index (χ0n) is 16.5. The van der Waals surface area contributed by atoms with Crippen LogP contribution in [0.1, 0.15) is 31.4 Å². The summed E-state index contributed by atoms with van der Waals surface area (Å²) in [6, 6.07) is 13.9.